The first-order chi connectivity index (χ1) is 27.5. The maximum atomic E-state index is 13.4. The molecule has 0 saturated carbocycles. The molecule has 9 atom stereocenters. The Morgan fingerprint density at radius 3 is 1.40 bits per heavy atom. The number of carbonyl (C=O) groups is 5. The number of esters is 4. The van der Waals surface area contributed by atoms with Crippen LogP contribution >= 0.6 is 0 Å². The first-order valence-electron chi connectivity index (χ1n) is 21.3. The molecule has 0 radical (unpaired) electrons. The standard InChI is InChI=1S/C41H70O16/c1-4-7-10-13-16-21-33(47)51-29-25-28(44)30(26-42)52-40(29)57-41-39(56-36(50)24-19-20-32(45)46)38(55-35(49)23-18-15-12-9-6-3)37(31(27-43)53-41)54-34(48)22-17-14-11-8-5-2/h28-31,37-44H,4-27H2,1-3H3,(H,45,46)/t28-,29+,30+,31+,37+,38-,39+,40+,41+/m0/s1. The fourth-order valence-corrected chi connectivity index (χ4v) is 6.77. The Hall–Kier alpha value is -2.89. The van der Waals surface area contributed by atoms with Crippen LogP contribution in [-0.2, 0) is 57.1 Å². The van der Waals surface area contributed by atoms with Crippen molar-refractivity contribution < 1.29 is 77.6 Å². The van der Waals surface area contributed by atoms with Crippen LogP contribution in [0.5, 0.6) is 0 Å². The van der Waals surface area contributed by atoms with Gasteiger partial charge in [0.15, 0.2) is 30.7 Å². The summed E-state index contributed by atoms with van der Waals surface area (Å²) < 4.78 is 41.4. The number of unbranched alkanes of at least 4 members (excludes halogenated alkanes) is 12. The molecule has 2 fully saturated rings. The van der Waals surface area contributed by atoms with Crippen molar-refractivity contribution in [2.75, 3.05) is 13.2 Å². The van der Waals surface area contributed by atoms with Crippen LogP contribution in [-0.4, -0.2) is 119 Å². The van der Waals surface area contributed by atoms with E-state index in [1.807, 2.05) is 0 Å². The highest BCUT2D eigenvalue weighted by molar-refractivity contribution is 5.73. The Kier molecular flexibility index (Phi) is 25.9. The molecule has 2 aliphatic rings. The fraction of sp³-hybridized carbons (Fsp3) is 0.878. The van der Waals surface area contributed by atoms with E-state index in [9.17, 15) is 39.3 Å². The zero-order valence-electron chi connectivity index (χ0n) is 34.4. The molecule has 330 valence electrons. The lowest BCUT2D eigenvalue weighted by Gasteiger charge is -2.46. The van der Waals surface area contributed by atoms with Gasteiger partial charge < -0.3 is 53.6 Å². The van der Waals surface area contributed by atoms with E-state index in [-0.39, 0.29) is 44.9 Å². The minimum Gasteiger partial charge on any atom is -0.481 e. The normalized spacial score (nSPS) is 26.0. The number of rotatable bonds is 30. The van der Waals surface area contributed by atoms with E-state index in [4.69, 9.17) is 38.3 Å². The summed E-state index contributed by atoms with van der Waals surface area (Å²) in [7, 11) is 0. The minimum absolute atomic E-state index is 0.00790. The van der Waals surface area contributed by atoms with Gasteiger partial charge in [-0.25, -0.2) is 0 Å². The number of aliphatic hydroxyl groups excluding tert-OH is 3. The van der Waals surface area contributed by atoms with Crippen molar-refractivity contribution in [3.8, 4) is 0 Å². The van der Waals surface area contributed by atoms with Gasteiger partial charge in [0.25, 0.3) is 0 Å². The Balaban J connectivity index is 2.46. The van der Waals surface area contributed by atoms with E-state index >= 15 is 0 Å². The summed E-state index contributed by atoms with van der Waals surface area (Å²) in [5, 5.41) is 40.4. The second kappa shape index (κ2) is 29.3. The summed E-state index contributed by atoms with van der Waals surface area (Å²) in [5.74, 6) is -3.94. The Bertz CT molecular complexity index is 1170. The minimum atomic E-state index is -1.70. The highest BCUT2D eigenvalue weighted by atomic mass is 16.8. The summed E-state index contributed by atoms with van der Waals surface area (Å²) in [6.45, 7) is 4.84. The van der Waals surface area contributed by atoms with Crippen LogP contribution in [0.25, 0.3) is 0 Å². The topological polar surface area (TPSA) is 231 Å². The maximum absolute atomic E-state index is 13.4. The van der Waals surface area contributed by atoms with Crippen molar-refractivity contribution in [2.45, 2.75) is 217 Å². The Labute approximate surface area is 337 Å². The number of aliphatic carboxylic acids is 1. The molecular formula is C41H70O16. The monoisotopic (exact) mass is 818 g/mol. The first-order valence-corrected chi connectivity index (χ1v) is 21.3. The molecule has 4 N–H and O–H groups in total. The number of hydrogen-bond acceptors (Lipinski definition) is 15. The van der Waals surface area contributed by atoms with Crippen molar-refractivity contribution in [1.29, 1.82) is 0 Å². The number of carboxylic acids is 1. The largest absolute Gasteiger partial charge is 0.481 e. The van der Waals surface area contributed by atoms with Gasteiger partial charge in [0, 0.05) is 38.5 Å². The average molecular weight is 819 g/mol. The summed E-state index contributed by atoms with van der Waals surface area (Å²) >= 11 is 0. The van der Waals surface area contributed by atoms with Crippen LogP contribution in [0.3, 0.4) is 0 Å². The number of ether oxygens (including phenoxy) is 7. The van der Waals surface area contributed by atoms with E-state index in [2.05, 4.69) is 20.8 Å². The molecule has 0 aromatic heterocycles. The molecule has 2 rings (SSSR count). The van der Waals surface area contributed by atoms with Gasteiger partial charge in [0.1, 0.15) is 12.2 Å². The summed E-state index contributed by atoms with van der Waals surface area (Å²) in [6, 6.07) is 0. The third-order valence-electron chi connectivity index (χ3n) is 10.0. The SMILES string of the molecule is CCCCCCCC(=O)O[C@@H]1[C@@H](OC(=O)CCCC(=O)O)[C@@H](O[C@H]2O[C@H](CO)[C@@H](O)C[C@H]2OC(=O)CCCCCCC)O[C@H](CO)[C@H]1OC(=O)CCCCCCC. The predicted molar refractivity (Wildman–Crippen MR) is 204 cm³/mol. The van der Waals surface area contributed by atoms with Crippen LogP contribution in [0.1, 0.15) is 162 Å². The molecule has 0 bridgehead atoms. The van der Waals surface area contributed by atoms with E-state index in [0.29, 0.717) is 19.3 Å². The average Bonchev–Trinajstić information content (AvgIpc) is 3.17. The zero-order valence-corrected chi connectivity index (χ0v) is 34.4. The maximum Gasteiger partial charge on any atom is 0.306 e. The molecular weight excluding hydrogens is 748 g/mol. The Morgan fingerprint density at radius 1 is 0.509 bits per heavy atom. The van der Waals surface area contributed by atoms with Gasteiger partial charge in [-0.05, 0) is 25.7 Å². The molecule has 16 heteroatoms. The molecule has 0 amide bonds. The lowest BCUT2D eigenvalue weighted by Crippen LogP contribution is -2.64. The van der Waals surface area contributed by atoms with Crippen molar-refractivity contribution in [3.05, 3.63) is 0 Å². The number of aliphatic hydroxyl groups is 3. The first kappa shape index (κ1) is 50.3. The van der Waals surface area contributed by atoms with Gasteiger partial charge in [-0.1, -0.05) is 97.8 Å². The van der Waals surface area contributed by atoms with Crippen molar-refractivity contribution in [2.24, 2.45) is 0 Å². The van der Waals surface area contributed by atoms with E-state index in [1.54, 1.807) is 0 Å². The van der Waals surface area contributed by atoms with Gasteiger partial charge in [-0.2, -0.15) is 0 Å². The molecule has 2 heterocycles. The summed E-state index contributed by atoms with van der Waals surface area (Å²) in [6.07, 6.45) is -0.858. The van der Waals surface area contributed by atoms with E-state index < -0.39 is 98.4 Å². The smallest absolute Gasteiger partial charge is 0.306 e. The van der Waals surface area contributed by atoms with Crippen LogP contribution in [0.4, 0.5) is 0 Å². The highest BCUT2D eigenvalue weighted by Crippen LogP contribution is 2.34. The highest BCUT2D eigenvalue weighted by Gasteiger charge is 2.54. The van der Waals surface area contributed by atoms with Crippen molar-refractivity contribution >= 4 is 29.8 Å². The van der Waals surface area contributed by atoms with Crippen LogP contribution < -0.4 is 0 Å². The molecule has 2 aliphatic heterocycles. The lowest BCUT2D eigenvalue weighted by atomic mass is 9.97. The molecule has 0 aliphatic carbocycles. The predicted octanol–water partition coefficient (Wildman–Crippen LogP) is 5.17. The molecule has 57 heavy (non-hydrogen) atoms. The number of carboxylic acid groups (broad SMARTS) is 1. The van der Waals surface area contributed by atoms with Gasteiger partial charge in [-0.3, -0.25) is 24.0 Å². The zero-order chi connectivity index (χ0) is 42.0. The molecule has 0 unspecified atom stereocenters. The van der Waals surface area contributed by atoms with Crippen LogP contribution in [0.15, 0.2) is 0 Å². The molecule has 0 spiro atoms. The van der Waals surface area contributed by atoms with Gasteiger partial charge in [-0.15, -0.1) is 0 Å². The Morgan fingerprint density at radius 2 is 0.930 bits per heavy atom. The molecule has 0 aromatic rings. The van der Waals surface area contributed by atoms with Crippen LogP contribution in [0.2, 0.25) is 0 Å². The second-order valence-electron chi connectivity index (χ2n) is 15.0. The van der Waals surface area contributed by atoms with Gasteiger partial charge in [0.2, 0.25) is 6.29 Å². The molecule has 16 nitrogen and oxygen atoms in total. The quantitative estimate of drug-likeness (QED) is 0.0416. The van der Waals surface area contributed by atoms with E-state index in [1.165, 1.54) is 0 Å². The number of hydrogen-bond donors (Lipinski definition) is 4. The lowest BCUT2D eigenvalue weighted by molar-refractivity contribution is -0.367. The van der Waals surface area contributed by atoms with E-state index in [0.717, 1.165) is 77.0 Å². The second-order valence-corrected chi connectivity index (χ2v) is 15.0. The van der Waals surface area contributed by atoms with Crippen molar-refractivity contribution in [3.63, 3.8) is 0 Å². The van der Waals surface area contributed by atoms with Crippen molar-refractivity contribution in [1.82, 2.24) is 0 Å². The van der Waals surface area contributed by atoms with Gasteiger partial charge in [0.05, 0.1) is 19.3 Å². The molecule has 0 aromatic carbocycles. The fourth-order valence-electron chi connectivity index (χ4n) is 6.77. The molecule has 2 saturated heterocycles. The van der Waals surface area contributed by atoms with Crippen LogP contribution in [0, 0.1) is 0 Å². The number of carbonyl (C=O) groups excluding carboxylic acids is 4. The van der Waals surface area contributed by atoms with Gasteiger partial charge >= 0.3 is 29.8 Å². The summed E-state index contributed by atoms with van der Waals surface area (Å²) in [5.41, 5.74) is 0. The summed E-state index contributed by atoms with van der Waals surface area (Å²) in [4.78, 5) is 64.0. The third kappa shape index (κ3) is 19.6. The third-order valence-corrected chi connectivity index (χ3v) is 10.0.